The summed E-state index contributed by atoms with van der Waals surface area (Å²) in [7, 11) is 3.37. The minimum atomic E-state index is 0.0266. The average Bonchev–Trinajstić information content (AvgIpc) is 3.23. The zero-order valence-corrected chi connectivity index (χ0v) is 16.7. The van der Waals surface area contributed by atoms with Gasteiger partial charge in [-0.2, -0.15) is 0 Å². The van der Waals surface area contributed by atoms with Gasteiger partial charge in [-0.15, -0.1) is 0 Å². The zero-order chi connectivity index (χ0) is 19.4. The van der Waals surface area contributed by atoms with E-state index >= 15 is 0 Å². The number of rotatable bonds is 7. The van der Waals surface area contributed by atoms with Crippen LogP contribution in [0.25, 0.3) is 0 Å². The van der Waals surface area contributed by atoms with Crippen molar-refractivity contribution in [1.82, 2.24) is 5.32 Å². The molecule has 0 spiro atoms. The number of hydrogen-bond acceptors (Lipinski definition) is 5. The van der Waals surface area contributed by atoms with E-state index in [-0.39, 0.29) is 11.5 Å². The van der Waals surface area contributed by atoms with Gasteiger partial charge in [0.25, 0.3) is 0 Å². The topological polar surface area (TPSA) is 49.0 Å². The number of nitrogens with one attached hydrogen (secondary N) is 1. The molecule has 0 aromatic heterocycles. The van der Waals surface area contributed by atoms with Gasteiger partial charge in [-0.3, -0.25) is 0 Å². The number of benzene rings is 2. The number of methoxy groups -OCH3 is 2. The highest BCUT2D eigenvalue weighted by Gasteiger charge is 2.36. The van der Waals surface area contributed by atoms with E-state index in [1.807, 2.05) is 30.3 Å². The first kappa shape index (κ1) is 18.9. The van der Waals surface area contributed by atoms with Crippen molar-refractivity contribution in [3.8, 4) is 23.0 Å². The molecule has 150 valence electrons. The van der Waals surface area contributed by atoms with Crippen molar-refractivity contribution < 1.29 is 18.9 Å². The van der Waals surface area contributed by atoms with E-state index in [9.17, 15) is 0 Å². The van der Waals surface area contributed by atoms with Gasteiger partial charge in [0.1, 0.15) is 12.7 Å². The summed E-state index contributed by atoms with van der Waals surface area (Å²) in [6.07, 6.45) is 4.90. The van der Waals surface area contributed by atoms with Gasteiger partial charge in [-0.25, -0.2) is 0 Å². The van der Waals surface area contributed by atoms with Crippen molar-refractivity contribution in [3.05, 3.63) is 48.0 Å². The molecule has 0 radical (unpaired) electrons. The Bertz CT molecular complexity index is 801. The molecule has 1 aliphatic heterocycles. The lowest BCUT2D eigenvalue weighted by Crippen LogP contribution is -2.43. The zero-order valence-electron chi connectivity index (χ0n) is 16.7. The molecule has 2 aromatic rings. The van der Waals surface area contributed by atoms with E-state index in [4.69, 9.17) is 18.9 Å². The van der Waals surface area contributed by atoms with Gasteiger partial charge >= 0.3 is 0 Å². The molecule has 28 heavy (non-hydrogen) atoms. The highest BCUT2D eigenvalue weighted by molar-refractivity contribution is 5.46. The molecule has 5 nitrogen and oxygen atoms in total. The first-order chi connectivity index (χ1) is 13.7. The third kappa shape index (κ3) is 3.76. The lowest BCUT2D eigenvalue weighted by atomic mass is 9.78. The molecule has 1 atom stereocenters. The maximum absolute atomic E-state index is 6.08. The van der Waals surface area contributed by atoms with Gasteiger partial charge in [0.15, 0.2) is 23.0 Å². The molecule has 2 aliphatic rings. The smallest absolute Gasteiger partial charge is 0.161 e. The first-order valence-corrected chi connectivity index (χ1v) is 10.1. The van der Waals surface area contributed by atoms with Crippen molar-refractivity contribution in [2.45, 2.75) is 37.2 Å². The summed E-state index contributed by atoms with van der Waals surface area (Å²) >= 11 is 0. The Morgan fingerprint density at radius 2 is 1.75 bits per heavy atom. The van der Waals surface area contributed by atoms with Crippen LogP contribution in [0.1, 0.15) is 31.2 Å². The molecule has 5 heteroatoms. The third-order valence-electron chi connectivity index (χ3n) is 5.96. The molecule has 0 saturated heterocycles. The first-order valence-electron chi connectivity index (χ1n) is 10.1. The van der Waals surface area contributed by atoms with Crippen LogP contribution in [0.2, 0.25) is 0 Å². The molecular formula is C23H29NO4. The van der Waals surface area contributed by atoms with Gasteiger partial charge in [-0.1, -0.05) is 31.0 Å². The molecule has 1 heterocycles. The van der Waals surface area contributed by atoms with Crippen LogP contribution in [0.4, 0.5) is 0 Å². The molecule has 4 rings (SSSR count). The van der Waals surface area contributed by atoms with Gasteiger partial charge in [0.2, 0.25) is 0 Å². The molecule has 0 bridgehead atoms. The Morgan fingerprint density at radius 1 is 1.00 bits per heavy atom. The van der Waals surface area contributed by atoms with Crippen molar-refractivity contribution in [3.63, 3.8) is 0 Å². The molecule has 1 aliphatic carbocycles. The van der Waals surface area contributed by atoms with Crippen molar-refractivity contribution in [2.24, 2.45) is 0 Å². The summed E-state index contributed by atoms with van der Waals surface area (Å²) in [5.74, 6) is 3.23. The Labute approximate surface area is 166 Å². The lowest BCUT2D eigenvalue weighted by molar-refractivity contribution is 0.0891. The van der Waals surface area contributed by atoms with Crippen LogP contribution in [-0.4, -0.2) is 40.0 Å². The highest BCUT2D eigenvalue weighted by Crippen LogP contribution is 2.43. The number of para-hydroxylation sites is 2. The quantitative estimate of drug-likeness (QED) is 0.785. The minimum absolute atomic E-state index is 0.0266. The second-order valence-electron chi connectivity index (χ2n) is 7.69. The van der Waals surface area contributed by atoms with E-state index in [2.05, 4.69) is 17.4 Å². The molecule has 2 aromatic carbocycles. The largest absolute Gasteiger partial charge is 0.493 e. The van der Waals surface area contributed by atoms with Crippen molar-refractivity contribution >= 4 is 0 Å². The predicted molar refractivity (Wildman–Crippen MR) is 109 cm³/mol. The normalized spacial score (nSPS) is 20.0. The van der Waals surface area contributed by atoms with Crippen LogP contribution in [0.5, 0.6) is 23.0 Å². The minimum Gasteiger partial charge on any atom is -0.493 e. The van der Waals surface area contributed by atoms with Gasteiger partial charge < -0.3 is 24.3 Å². The highest BCUT2D eigenvalue weighted by atomic mass is 16.6. The number of ether oxygens (including phenoxy) is 4. The van der Waals surface area contributed by atoms with Crippen molar-refractivity contribution in [1.29, 1.82) is 0 Å². The lowest BCUT2D eigenvalue weighted by Gasteiger charge is -2.32. The average molecular weight is 383 g/mol. The Morgan fingerprint density at radius 3 is 2.50 bits per heavy atom. The number of fused-ring (bicyclic) bond motifs is 1. The summed E-state index contributed by atoms with van der Waals surface area (Å²) < 4.78 is 22.8. The van der Waals surface area contributed by atoms with Crippen LogP contribution >= 0.6 is 0 Å². The van der Waals surface area contributed by atoms with Gasteiger partial charge in [0, 0.05) is 18.5 Å². The van der Waals surface area contributed by atoms with E-state index in [0.29, 0.717) is 6.61 Å². The summed E-state index contributed by atoms with van der Waals surface area (Å²) in [6, 6.07) is 14.2. The maximum atomic E-state index is 6.08. The van der Waals surface area contributed by atoms with Gasteiger partial charge in [-0.05, 0) is 42.7 Å². The molecule has 0 amide bonds. The third-order valence-corrected chi connectivity index (χ3v) is 5.96. The summed E-state index contributed by atoms with van der Waals surface area (Å²) in [4.78, 5) is 0. The fourth-order valence-corrected chi connectivity index (χ4v) is 4.42. The number of hydrogen-bond donors (Lipinski definition) is 1. The van der Waals surface area contributed by atoms with Crippen LogP contribution in [0, 0.1) is 0 Å². The monoisotopic (exact) mass is 383 g/mol. The van der Waals surface area contributed by atoms with Crippen LogP contribution in [-0.2, 0) is 5.41 Å². The molecule has 1 N–H and O–H groups in total. The second kappa shape index (κ2) is 8.31. The Balaban J connectivity index is 1.42. The summed E-state index contributed by atoms with van der Waals surface area (Å²) in [5.41, 5.74) is 1.45. The predicted octanol–water partition coefficient (Wildman–Crippen LogP) is 3.95. The molecule has 1 unspecified atom stereocenters. The summed E-state index contributed by atoms with van der Waals surface area (Å²) in [5, 5.41) is 3.66. The fraction of sp³-hybridized carbons (Fsp3) is 0.478. The van der Waals surface area contributed by atoms with Crippen LogP contribution in [0.15, 0.2) is 42.5 Å². The molecular weight excluding hydrogens is 354 g/mol. The van der Waals surface area contributed by atoms with E-state index in [0.717, 1.165) is 36.1 Å². The second-order valence-corrected chi connectivity index (χ2v) is 7.69. The Kier molecular flexibility index (Phi) is 5.62. The van der Waals surface area contributed by atoms with Crippen LogP contribution in [0.3, 0.4) is 0 Å². The van der Waals surface area contributed by atoms with E-state index < -0.39 is 0 Å². The van der Waals surface area contributed by atoms with Crippen molar-refractivity contribution in [2.75, 3.05) is 33.9 Å². The molecule has 1 saturated carbocycles. The maximum Gasteiger partial charge on any atom is 0.161 e. The summed E-state index contributed by atoms with van der Waals surface area (Å²) in [6.45, 7) is 2.26. The van der Waals surface area contributed by atoms with E-state index in [1.165, 1.54) is 31.2 Å². The van der Waals surface area contributed by atoms with E-state index in [1.54, 1.807) is 14.2 Å². The SMILES string of the molecule is COc1ccc(C2(CNCC3COc4ccccc4O3)CCCC2)cc1OC. The Hall–Kier alpha value is -2.40. The van der Waals surface area contributed by atoms with Gasteiger partial charge in [0.05, 0.1) is 14.2 Å². The fourth-order valence-electron chi connectivity index (χ4n) is 4.42. The standard InChI is InChI=1S/C23H29NO4/c1-25-19-10-9-17(13-22(19)26-2)23(11-5-6-12-23)16-24-14-18-15-27-20-7-3-4-8-21(20)28-18/h3-4,7-10,13,18,24H,5-6,11-12,14-16H2,1-2H3. The molecule has 1 fully saturated rings. The van der Waals surface area contributed by atoms with Crippen LogP contribution < -0.4 is 24.3 Å².